The van der Waals surface area contributed by atoms with Crippen LogP contribution >= 0.6 is 11.3 Å². The van der Waals surface area contributed by atoms with Crippen molar-refractivity contribution in [2.75, 3.05) is 13.1 Å². The van der Waals surface area contributed by atoms with Crippen molar-refractivity contribution < 1.29 is 19.1 Å². The lowest BCUT2D eigenvalue weighted by Crippen LogP contribution is -2.51. The van der Waals surface area contributed by atoms with E-state index in [0.717, 1.165) is 12.8 Å². The minimum Gasteiger partial charge on any atom is -0.444 e. The van der Waals surface area contributed by atoms with Gasteiger partial charge in [-0.25, -0.2) is 9.78 Å². The van der Waals surface area contributed by atoms with Crippen molar-refractivity contribution in [1.82, 2.24) is 14.8 Å². The fourth-order valence-corrected chi connectivity index (χ4v) is 4.10. The van der Waals surface area contributed by atoms with Gasteiger partial charge < -0.3 is 9.64 Å². The zero-order valence-electron chi connectivity index (χ0n) is 15.4. The SMILES string of the molecule is CC(C)(C)OC(=O)N1CCC[C@H]1C(=O)N1CCC[C@H]1C(=O)c1cscn1. The van der Waals surface area contributed by atoms with E-state index in [9.17, 15) is 14.4 Å². The van der Waals surface area contributed by atoms with E-state index in [0.29, 0.717) is 31.6 Å². The number of amides is 2. The lowest BCUT2D eigenvalue weighted by atomic mass is 10.1. The smallest absolute Gasteiger partial charge is 0.410 e. The van der Waals surface area contributed by atoms with Crippen LogP contribution in [0.15, 0.2) is 10.9 Å². The van der Waals surface area contributed by atoms with Crippen LogP contribution in [0.2, 0.25) is 0 Å². The number of nitrogens with zero attached hydrogens (tertiary/aromatic N) is 3. The normalized spacial score (nSPS) is 23.3. The minimum atomic E-state index is -0.607. The summed E-state index contributed by atoms with van der Waals surface area (Å²) in [4.78, 5) is 45.5. The molecule has 2 saturated heterocycles. The highest BCUT2D eigenvalue weighted by atomic mass is 32.1. The first-order chi connectivity index (χ1) is 12.3. The number of aromatic nitrogens is 1. The molecule has 0 unspecified atom stereocenters. The van der Waals surface area contributed by atoms with E-state index in [1.807, 2.05) is 0 Å². The van der Waals surface area contributed by atoms with E-state index in [1.165, 1.54) is 16.2 Å². The summed E-state index contributed by atoms with van der Waals surface area (Å²) in [6.07, 6.45) is 2.32. The van der Waals surface area contributed by atoms with Crippen LogP contribution in [0.25, 0.3) is 0 Å². The Morgan fingerprint density at radius 1 is 1.12 bits per heavy atom. The zero-order chi connectivity index (χ0) is 18.9. The van der Waals surface area contributed by atoms with Crippen LogP contribution in [0.3, 0.4) is 0 Å². The van der Waals surface area contributed by atoms with Crippen molar-refractivity contribution in [2.24, 2.45) is 0 Å². The Bertz CT molecular complexity index is 683. The average molecular weight is 379 g/mol. The molecule has 0 bridgehead atoms. The van der Waals surface area contributed by atoms with Gasteiger partial charge in [-0.15, -0.1) is 11.3 Å². The Hall–Kier alpha value is -1.96. The van der Waals surface area contributed by atoms with Gasteiger partial charge in [0.25, 0.3) is 0 Å². The van der Waals surface area contributed by atoms with Gasteiger partial charge in [-0.3, -0.25) is 14.5 Å². The van der Waals surface area contributed by atoms with Crippen molar-refractivity contribution in [3.8, 4) is 0 Å². The second-order valence-corrected chi connectivity index (χ2v) is 8.48. The molecule has 1 aromatic heterocycles. The number of rotatable bonds is 3. The second-order valence-electron chi connectivity index (χ2n) is 7.76. The largest absolute Gasteiger partial charge is 0.444 e. The van der Waals surface area contributed by atoms with E-state index in [1.54, 1.807) is 36.6 Å². The summed E-state index contributed by atoms with van der Waals surface area (Å²) >= 11 is 1.37. The van der Waals surface area contributed by atoms with Gasteiger partial charge in [0, 0.05) is 18.5 Å². The summed E-state index contributed by atoms with van der Waals surface area (Å²) < 4.78 is 5.44. The topological polar surface area (TPSA) is 79.8 Å². The third-order valence-corrected chi connectivity index (χ3v) is 5.28. The number of ketones is 1. The molecule has 8 heteroatoms. The maximum Gasteiger partial charge on any atom is 0.410 e. The van der Waals surface area contributed by atoms with Gasteiger partial charge in [-0.2, -0.15) is 0 Å². The van der Waals surface area contributed by atoms with Gasteiger partial charge in [0.05, 0.1) is 11.6 Å². The summed E-state index contributed by atoms with van der Waals surface area (Å²) in [5, 5.41) is 1.71. The quantitative estimate of drug-likeness (QED) is 0.755. The molecule has 0 radical (unpaired) electrons. The number of ether oxygens (including phenoxy) is 1. The Morgan fingerprint density at radius 3 is 2.38 bits per heavy atom. The average Bonchev–Trinajstić information content (AvgIpc) is 3.32. The summed E-state index contributed by atoms with van der Waals surface area (Å²) in [6.45, 7) is 6.46. The van der Waals surface area contributed by atoms with Crippen molar-refractivity contribution in [2.45, 2.75) is 64.1 Å². The Balaban J connectivity index is 1.72. The Morgan fingerprint density at radius 2 is 1.77 bits per heavy atom. The number of carbonyl (C=O) groups is 3. The number of thiazole rings is 1. The maximum atomic E-state index is 13.1. The molecule has 0 aromatic carbocycles. The molecule has 2 aliphatic heterocycles. The van der Waals surface area contributed by atoms with E-state index in [4.69, 9.17) is 4.74 Å². The third-order valence-electron chi connectivity index (χ3n) is 4.69. The molecular weight excluding hydrogens is 354 g/mol. The highest BCUT2D eigenvalue weighted by molar-refractivity contribution is 7.07. The van der Waals surface area contributed by atoms with Crippen LogP contribution in [-0.2, 0) is 9.53 Å². The van der Waals surface area contributed by atoms with Gasteiger partial charge in [-0.1, -0.05) is 0 Å². The number of likely N-dealkylation sites (tertiary alicyclic amines) is 2. The number of Topliss-reactive ketones (excluding diaryl/α,β-unsaturated/α-hetero) is 1. The fourth-order valence-electron chi connectivity index (χ4n) is 3.56. The van der Waals surface area contributed by atoms with Crippen molar-refractivity contribution in [3.05, 3.63) is 16.6 Å². The zero-order valence-corrected chi connectivity index (χ0v) is 16.3. The molecule has 2 amide bonds. The molecule has 0 saturated carbocycles. The molecule has 2 fully saturated rings. The monoisotopic (exact) mass is 379 g/mol. The number of hydrogen-bond donors (Lipinski definition) is 0. The first-order valence-corrected chi connectivity index (χ1v) is 9.95. The fraction of sp³-hybridized carbons (Fsp3) is 0.667. The summed E-state index contributed by atoms with van der Waals surface area (Å²) in [6, 6.07) is -1.03. The summed E-state index contributed by atoms with van der Waals surface area (Å²) in [5.74, 6) is -0.265. The predicted molar refractivity (Wildman–Crippen MR) is 97.1 cm³/mol. The van der Waals surface area contributed by atoms with E-state index < -0.39 is 23.8 Å². The molecule has 0 N–H and O–H groups in total. The first-order valence-electron chi connectivity index (χ1n) is 9.00. The Labute approximate surface area is 157 Å². The lowest BCUT2D eigenvalue weighted by molar-refractivity contribution is -0.136. The molecule has 7 nitrogen and oxygen atoms in total. The highest BCUT2D eigenvalue weighted by Gasteiger charge is 2.43. The molecule has 2 aliphatic rings. The Kier molecular flexibility index (Phi) is 5.32. The molecular formula is C18H25N3O4S. The minimum absolute atomic E-state index is 0.112. The molecule has 0 spiro atoms. The van der Waals surface area contributed by atoms with Gasteiger partial charge >= 0.3 is 6.09 Å². The maximum absolute atomic E-state index is 13.1. The molecule has 1 aromatic rings. The van der Waals surface area contributed by atoms with Gasteiger partial charge in [0.15, 0.2) is 0 Å². The summed E-state index contributed by atoms with van der Waals surface area (Å²) in [5.41, 5.74) is 1.43. The molecule has 26 heavy (non-hydrogen) atoms. The second kappa shape index (κ2) is 7.34. The standard InChI is InChI=1S/C18H25N3O4S/c1-18(2,3)25-17(24)21-9-5-7-14(21)16(23)20-8-4-6-13(20)15(22)12-10-26-11-19-12/h10-11,13-14H,4-9H2,1-3H3/t13-,14-/m0/s1. The molecule has 142 valence electrons. The lowest BCUT2D eigenvalue weighted by Gasteiger charge is -2.32. The third kappa shape index (κ3) is 3.90. The van der Waals surface area contributed by atoms with Gasteiger partial charge in [-0.05, 0) is 46.5 Å². The van der Waals surface area contributed by atoms with Crippen molar-refractivity contribution in [1.29, 1.82) is 0 Å². The van der Waals surface area contributed by atoms with Crippen LogP contribution < -0.4 is 0 Å². The van der Waals surface area contributed by atoms with E-state index >= 15 is 0 Å². The van der Waals surface area contributed by atoms with Crippen molar-refractivity contribution in [3.63, 3.8) is 0 Å². The molecule has 3 heterocycles. The number of hydrogen-bond acceptors (Lipinski definition) is 6. The predicted octanol–water partition coefficient (Wildman–Crippen LogP) is 2.72. The van der Waals surface area contributed by atoms with Crippen LogP contribution in [0.4, 0.5) is 4.79 Å². The van der Waals surface area contributed by atoms with Crippen LogP contribution in [0.1, 0.15) is 56.9 Å². The van der Waals surface area contributed by atoms with E-state index in [-0.39, 0.29) is 11.7 Å². The van der Waals surface area contributed by atoms with Crippen molar-refractivity contribution >= 4 is 29.1 Å². The molecule has 0 aliphatic carbocycles. The summed E-state index contributed by atoms with van der Waals surface area (Å²) in [7, 11) is 0. The van der Waals surface area contributed by atoms with Gasteiger partial charge in [0.2, 0.25) is 11.7 Å². The van der Waals surface area contributed by atoms with Crippen LogP contribution in [0, 0.1) is 0 Å². The van der Waals surface area contributed by atoms with E-state index in [2.05, 4.69) is 4.98 Å². The highest BCUT2D eigenvalue weighted by Crippen LogP contribution is 2.27. The van der Waals surface area contributed by atoms with Crippen LogP contribution in [0.5, 0.6) is 0 Å². The molecule has 2 atom stereocenters. The first kappa shape index (κ1) is 18.8. The number of carbonyl (C=O) groups excluding carboxylic acids is 3. The van der Waals surface area contributed by atoms with Crippen LogP contribution in [-0.4, -0.2) is 63.3 Å². The molecule has 3 rings (SSSR count). The van der Waals surface area contributed by atoms with Gasteiger partial charge in [0.1, 0.15) is 17.3 Å².